The summed E-state index contributed by atoms with van der Waals surface area (Å²) >= 11 is 0. The lowest BCUT2D eigenvalue weighted by Crippen LogP contribution is -2.15. The first-order chi connectivity index (χ1) is 14.7. The van der Waals surface area contributed by atoms with Crippen LogP contribution in [-0.2, 0) is 16.0 Å². The minimum absolute atomic E-state index is 0.0447. The van der Waals surface area contributed by atoms with Crippen molar-refractivity contribution >= 4 is 26.6 Å². The summed E-state index contributed by atoms with van der Waals surface area (Å²) in [6.45, 7) is 0. The highest BCUT2D eigenvalue weighted by atomic mass is 32.2. The zero-order valence-corrected chi connectivity index (χ0v) is 17.0. The second kappa shape index (κ2) is 7.04. The standard InChI is InChI=1S/C20H18F3N5O2S/c21-20(22,23)14-3-5-15(6-4-14)31(29,30)11-12-1-2-13(9-12)19-27-26-17-10-25-18-16(28(17)19)7-8-24-18/h3-8,10,12-13,24H,1-2,9,11H2/t12-,13+/m0/s1. The molecule has 0 amide bonds. The summed E-state index contributed by atoms with van der Waals surface area (Å²) in [5, 5.41) is 8.53. The molecular weight excluding hydrogens is 431 g/mol. The van der Waals surface area contributed by atoms with Crippen LogP contribution in [0.5, 0.6) is 0 Å². The third-order valence-corrected chi connectivity index (χ3v) is 7.77. The number of benzene rings is 1. The third-order valence-electron chi connectivity index (χ3n) is 5.87. The first kappa shape index (κ1) is 20.0. The normalized spacial score (nSPS) is 20.1. The molecule has 1 N–H and O–H groups in total. The second-order valence-corrected chi connectivity index (χ2v) is 9.94. The minimum Gasteiger partial charge on any atom is -0.345 e. The Hall–Kier alpha value is -2.95. The molecule has 0 unspecified atom stereocenters. The maximum absolute atomic E-state index is 12.8. The van der Waals surface area contributed by atoms with Crippen LogP contribution in [-0.4, -0.2) is 38.7 Å². The molecule has 1 aliphatic rings. The molecule has 0 aliphatic heterocycles. The van der Waals surface area contributed by atoms with Crippen molar-refractivity contribution in [2.75, 3.05) is 5.75 Å². The molecule has 0 radical (unpaired) electrons. The van der Waals surface area contributed by atoms with E-state index in [2.05, 4.69) is 20.2 Å². The predicted molar refractivity (Wildman–Crippen MR) is 106 cm³/mol. The first-order valence-electron chi connectivity index (χ1n) is 9.79. The Labute approximate surface area is 175 Å². The van der Waals surface area contributed by atoms with Crippen LogP contribution in [0, 0.1) is 5.92 Å². The molecule has 2 atom stereocenters. The van der Waals surface area contributed by atoms with E-state index in [4.69, 9.17) is 0 Å². The zero-order chi connectivity index (χ0) is 21.8. The average Bonchev–Trinajstić information content (AvgIpc) is 3.45. The Bertz CT molecular complexity index is 1360. The lowest BCUT2D eigenvalue weighted by atomic mass is 10.1. The molecule has 31 heavy (non-hydrogen) atoms. The molecule has 162 valence electrons. The average molecular weight is 449 g/mol. The summed E-state index contributed by atoms with van der Waals surface area (Å²) in [6.07, 6.45) is 1.01. The van der Waals surface area contributed by atoms with Crippen molar-refractivity contribution in [1.29, 1.82) is 0 Å². The first-order valence-corrected chi connectivity index (χ1v) is 11.4. The molecule has 7 nitrogen and oxygen atoms in total. The Kier molecular flexibility index (Phi) is 4.54. The molecule has 1 saturated carbocycles. The minimum atomic E-state index is -4.50. The number of nitrogens with zero attached hydrogens (tertiary/aromatic N) is 4. The van der Waals surface area contributed by atoms with Crippen LogP contribution >= 0.6 is 0 Å². The molecule has 5 rings (SSSR count). The third kappa shape index (κ3) is 3.56. The molecule has 3 heterocycles. The van der Waals surface area contributed by atoms with E-state index in [9.17, 15) is 21.6 Å². The summed E-state index contributed by atoms with van der Waals surface area (Å²) in [5.74, 6) is 0.611. The van der Waals surface area contributed by atoms with Gasteiger partial charge in [-0.3, -0.25) is 4.40 Å². The van der Waals surface area contributed by atoms with E-state index < -0.39 is 21.6 Å². The molecule has 1 aromatic carbocycles. The summed E-state index contributed by atoms with van der Waals surface area (Å²) in [6, 6.07) is 5.58. The zero-order valence-electron chi connectivity index (χ0n) is 16.2. The Morgan fingerprint density at radius 3 is 2.61 bits per heavy atom. The van der Waals surface area contributed by atoms with Crippen molar-refractivity contribution in [3.63, 3.8) is 0 Å². The number of alkyl halides is 3. The maximum Gasteiger partial charge on any atom is 0.416 e. The van der Waals surface area contributed by atoms with E-state index in [1.54, 1.807) is 12.4 Å². The van der Waals surface area contributed by atoms with Gasteiger partial charge < -0.3 is 4.98 Å². The van der Waals surface area contributed by atoms with E-state index in [1.165, 1.54) is 0 Å². The number of nitrogens with one attached hydrogen (secondary N) is 1. The fraction of sp³-hybridized carbons (Fsp3) is 0.350. The molecule has 0 bridgehead atoms. The van der Waals surface area contributed by atoms with Gasteiger partial charge in [-0.15, -0.1) is 10.2 Å². The van der Waals surface area contributed by atoms with Gasteiger partial charge in [-0.05, 0) is 55.5 Å². The Morgan fingerprint density at radius 1 is 1.10 bits per heavy atom. The Balaban J connectivity index is 1.35. The van der Waals surface area contributed by atoms with Gasteiger partial charge >= 0.3 is 6.18 Å². The lowest BCUT2D eigenvalue weighted by molar-refractivity contribution is -0.137. The van der Waals surface area contributed by atoms with Crippen molar-refractivity contribution in [3.05, 3.63) is 54.1 Å². The SMILES string of the molecule is O=S(=O)(C[C@H]1CC[C@@H](c2nnc3cnc4[nH]ccc4n23)C1)c1ccc(C(F)(F)F)cc1. The van der Waals surface area contributed by atoms with Gasteiger partial charge in [0.1, 0.15) is 5.82 Å². The molecule has 3 aromatic heterocycles. The highest BCUT2D eigenvalue weighted by Crippen LogP contribution is 2.39. The largest absolute Gasteiger partial charge is 0.416 e. The van der Waals surface area contributed by atoms with Gasteiger partial charge in [0.15, 0.2) is 21.1 Å². The van der Waals surface area contributed by atoms with Crippen LogP contribution in [0.3, 0.4) is 0 Å². The fourth-order valence-electron chi connectivity index (χ4n) is 4.38. The number of hydrogen-bond acceptors (Lipinski definition) is 5. The van der Waals surface area contributed by atoms with Crippen LogP contribution in [0.25, 0.3) is 16.8 Å². The molecule has 11 heteroatoms. The number of H-pyrrole nitrogens is 1. The van der Waals surface area contributed by atoms with Gasteiger partial charge in [-0.2, -0.15) is 13.2 Å². The number of halogens is 3. The molecule has 0 saturated heterocycles. The van der Waals surface area contributed by atoms with E-state index >= 15 is 0 Å². The summed E-state index contributed by atoms with van der Waals surface area (Å²) in [4.78, 5) is 7.27. The molecule has 1 fully saturated rings. The van der Waals surface area contributed by atoms with Gasteiger partial charge in [-0.25, -0.2) is 13.4 Å². The highest BCUT2D eigenvalue weighted by Gasteiger charge is 2.34. The summed E-state index contributed by atoms with van der Waals surface area (Å²) < 4.78 is 65.7. The molecule has 0 spiro atoms. The topological polar surface area (TPSA) is 93.0 Å². The number of fused-ring (bicyclic) bond motifs is 3. The van der Waals surface area contributed by atoms with Crippen molar-refractivity contribution in [2.24, 2.45) is 5.92 Å². The number of aromatic amines is 1. The Morgan fingerprint density at radius 2 is 1.87 bits per heavy atom. The van der Waals surface area contributed by atoms with Crippen LogP contribution in [0.2, 0.25) is 0 Å². The van der Waals surface area contributed by atoms with Crippen molar-refractivity contribution < 1.29 is 21.6 Å². The van der Waals surface area contributed by atoms with Crippen LogP contribution in [0.4, 0.5) is 13.2 Å². The van der Waals surface area contributed by atoms with Crippen molar-refractivity contribution in [1.82, 2.24) is 24.6 Å². The smallest absolute Gasteiger partial charge is 0.345 e. The van der Waals surface area contributed by atoms with Gasteiger partial charge in [0.2, 0.25) is 0 Å². The fourth-order valence-corrected chi connectivity index (χ4v) is 6.05. The number of aromatic nitrogens is 5. The summed E-state index contributed by atoms with van der Waals surface area (Å²) in [5.41, 5.74) is 1.34. The maximum atomic E-state index is 12.8. The number of sulfone groups is 1. The van der Waals surface area contributed by atoms with E-state index in [-0.39, 0.29) is 22.5 Å². The van der Waals surface area contributed by atoms with Crippen molar-refractivity contribution in [3.8, 4) is 0 Å². The lowest BCUT2D eigenvalue weighted by Gasteiger charge is -2.12. The van der Waals surface area contributed by atoms with Gasteiger partial charge in [-0.1, -0.05) is 0 Å². The van der Waals surface area contributed by atoms with Gasteiger partial charge in [0.25, 0.3) is 0 Å². The van der Waals surface area contributed by atoms with E-state index in [1.807, 2.05) is 10.5 Å². The van der Waals surface area contributed by atoms with E-state index in [0.717, 1.165) is 42.0 Å². The monoisotopic (exact) mass is 449 g/mol. The highest BCUT2D eigenvalue weighted by molar-refractivity contribution is 7.91. The summed E-state index contributed by atoms with van der Waals surface area (Å²) in [7, 11) is -3.69. The van der Waals surface area contributed by atoms with Crippen LogP contribution in [0.1, 0.15) is 36.6 Å². The van der Waals surface area contributed by atoms with Gasteiger partial charge in [0.05, 0.1) is 27.9 Å². The molecule has 1 aliphatic carbocycles. The second-order valence-electron chi connectivity index (χ2n) is 7.90. The van der Waals surface area contributed by atoms with Crippen LogP contribution in [0.15, 0.2) is 47.6 Å². The van der Waals surface area contributed by atoms with Crippen LogP contribution < -0.4 is 0 Å². The quantitative estimate of drug-likeness (QED) is 0.509. The van der Waals surface area contributed by atoms with Crippen molar-refractivity contribution in [2.45, 2.75) is 36.3 Å². The van der Waals surface area contributed by atoms with E-state index in [0.29, 0.717) is 24.1 Å². The molecular formula is C20H18F3N5O2S. The predicted octanol–water partition coefficient (Wildman–Crippen LogP) is 3.98. The number of rotatable bonds is 4. The van der Waals surface area contributed by atoms with Gasteiger partial charge in [0, 0.05) is 12.1 Å². The molecule has 4 aromatic rings. The number of hydrogen-bond donors (Lipinski definition) is 1.